The highest BCUT2D eigenvalue weighted by atomic mass is 32.2. The number of hydrogen-bond donors (Lipinski definition) is 2. The number of benzene rings is 2. The van der Waals surface area contributed by atoms with Crippen molar-refractivity contribution in [1.82, 2.24) is 9.03 Å². The van der Waals surface area contributed by atoms with Crippen molar-refractivity contribution in [3.8, 4) is 0 Å². The van der Waals surface area contributed by atoms with E-state index in [1.54, 1.807) is 0 Å². The number of piperidine rings is 1. The Balaban J connectivity index is 1.72. The molecular formula is C20H24FN3O5S2. The Morgan fingerprint density at radius 1 is 1.00 bits per heavy atom. The predicted octanol–water partition coefficient (Wildman–Crippen LogP) is 2.31. The van der Waals surface area contributed by atoms with Crippen LogP contribution >= 0.6 is 0 Å². The minimum Gasteiger partial charge on any atom is -0.325 e. The number of nitrogens with one attached hydrogen (secondary N) is 2. The first kappa shape index (κ1) is 23.3. The molecule has 2 aromatic carbocycles. The Morgan fingerprint density at radius 2 is 1.68 bits per heavy atom. The van der Waals surface area contributed by atoms with Gasteiger partial charge in [-0.1, -0.05) is 24.6 Å². The highest BCUT2D eigenvalue weighted by Crippen LogP contribution is 2.23. The first-order chi connectivity index (χ1) is 14.6. The quantitative estimate of drug-likeness (QED) is 0.646. The SMILES string of the molecule is C[C@H](NS(=O)(=O)c1ccccc1F)C(=O)Nc1cccc(S(=O)(=O)N2CCCCC2)c1. The molecule has 1 fully saturated rings. The molecule has 0 saturated carbocycles. The summed E-state index contributed by atoms with van der Waals surface area (Å²) in [6, 6.07) is 9.39. The van der Waals surface area contributed by atoms with Crippen LogP contribution in [0.4, 0.5) is 10.1 Å². The van der Waals surface area contributed by atoms with Crippen LogP contribution in [0.3, 0.4) is 0 Å². The van der Waals surface area contributed by atoms with Crippen LogP contribution in [0.15, 0.2) is 58.3 Å². The van der Waals surface area contributed by atoms with E-state index in [1.807, 2.05) is 0 Å². The first-order valence-corrected chi connectivity index (χ1v) is 12.7. The smallest absolute Gasteiger partial charge is 0.244 e. The van der Waals surface area contributed by atoms with E-state index >= 15 is 0 Å². The molecule has 168 valence electrons. The van der Waals surface area contributed by atoms with Gasteiger partial charge in [-0.25, -0.2) is 21.2 Å². The van der Waals surface area contributed by atoms with E-state index in [0.29, 0.717) is 13.1 Å². The summed E-state index contributed by atoms with van der Waals surface area (Å²) in [6.07, 6.45) is 2.59. The van der Waals surface area contributed by atoms with Gasteiger partial charge in [0.2, 0.25) is 26.0 Å². The highest BCUT2D eigenvalue weighted by molar-refractivity contribution is 7.89. The second-order valence-electron chi connectivity index (χ2n) is 7.26. The molecular weight excluding hydrogens is 445 g/mol. The van der Waals surface area contributed by atoms with E-state index < -0.39 is 42.7 Å². The standard InChI is InChI=1S/C20H24FN3O5S2/c1-15(23-30(26,27)19-11-4-3-10-18(19)21)20(25)22-16-8-7-9-17(14-16)31(28,29)24-12-5-2-6-13-24/h3-4,7-11,14-15,23H,2,5-6,12-13H2,1H3,(H,22,25)/t15-/m0/s1. The zero-order valence-corrected chi connectivity index (χ0v) is 18.5. The lowest BCUT2D eigenvalue weighted by Gasteiger charge is -2.26. The van der Waals surface area contributed by atoms with Gasteiger partial charge in [-0.2, -0.15) is 9.03 Å². The molecule has 31 heavy (non-hydrogen) atoms. The van der Waals surface area contributed by atoms with Crippen molar-refractivity contribution in [2.75, 3.05) is 18.4 Å². The molecule has 1 amide bonds. The summed E-state index contributed by atoms with van der Waals surface area (Å²) in [5.74, 6) is -1.65. The van der Waals surface area contributed by atoms with Crippen LogP contribution in [0, 0.1) is 5.82 Å². The van der Waals surface area contributed by atoms with Crippen LogP contribution in [0.1, 0.15) is 26.2 Å². The lowest BCUT2D eigenvalue weighted by molar-refractivity contribution is -0.117. The fraction of sp³-hybridized carbons (Fsp3) is 0.350. The Morgan fingerprint density at radius 3 is 2.35 bits per heavy atom. The van der Waals surface area contributed by atoms with Gasteiger partial charge in [0.15, 0.2) is 0 Å². The average molecular weight is 470 g/mol. The normalized spacial score (nSPS) is 16.6. The number of carbonyl (C=O) groups is 1. The van der Waals surface area contributed by atoms with Crippen LogP contribution in [-0.4, -0.2) is 46.2 Å². The Hall–Kier alpha value is -2.34. The fourth-order valence-corrected chi connectivity index (χ4v) is 6.10. The number of hydrogen-bond acceptors (Lipinski definition) is 5. The zero-order valence-electron chi connectivity index (χ0n) is 16.9. The maximum absolute atomic E-state index is 13.8. The molecule has 0 aliphatic carbocycles. The number of sulfonamides is 2. The molecule has 1 atom stereocenters. The van der Waals surface area contributed by atoms with E-state index in [-0.39, 0.29) is 10.6 Å². The first-order valence-electron chi connectivity index (χ1n) is 9.79. The van der Waals surface area contributed by atoms with Crippen molar-refractivity contribution in [2.45, 2.75) is 42.0 Å². The van der Waals surface area contributed by atoms with E-state index in [4.69, 9.17) is 0 Å². The molecule has 0 unspecified atom stereocenters. The molecule has 3 rings (SSSR count). The van der Waals surface area contributed by atoms with Crippen molar-refractivity contribution in [3.63, 3.8) is 0 Å². The largest absolute Gasteiger partial charge is 0.325 e. The third kappa shape index (κ3) is 5.48. The number of anilines is 1. The number of carbonyl (C=O) groups excluding carboxylic acids is 1. The van der Waals surface area contributed by atoms with Crippen LogP contribution in [0.5, 0.6) is 0 Å². The minimum atomic E-state index is -4.26. The average Bonchev–Trinajstić information content (AvgIpc) is 2.74. The van der Waals surface area contributed by atoms with Crippen LogP contribution in [0.2, 0.25) is 0 Å². The molecule has 1 heterocycles. The van der Waals surface area contributed by atoms with Gasteiger partial charge in [0.1, 0.15) is 10.7 Å². The van der Waals surface area contributed by atoms with E-state index in [2.05, 4.69) is 10.0 Å². The van der Waals surface area contributed by atoms with E-state index in [1.165, 1.54) is 47.6 Å². The van der Waals surface area contributed by atoms with Gasteiger partial charge in [-0.05, 0) is 50.1 Å². The van der Waals surface area contributed by atoms with Gasteiger partial charge in [0.05, 0.1) is 10.9 Å². The predicted molar refractivity (Wildman–Crippen MR) is 114 cm³/mol. The van der Waals surface area contributed by atoms with E-state index in [0.717, 1.165) is 31.4 Å². The van der Waals surface area contributed by atoms with Gasteiger partial charge < -0.3 is 5.32 Å². The summed E-state index contributed by atoms with van der Waals surface area (Å²) in [5, 5.41) is 2.50. The Bertz CT molecular complexity index is 1160. The van der Waals surface area contributed by atoms with Crippen molar-refractivity contribution >= 4 is 31.6 Å². The van der Waals surface area contributed by atoms with Crippen molar-refractivity contribution in [2.24, 2.45) is 0 Å². The molecule has 2 aromatic rings. The molecule has 0 aromatic heterocycles. The molecule has 8 nitrogen and oxygen atoms in total. The van der Waals surface area contributed by atoms with Gasteiger partial charge in [0, 0.05) is 18.8 Å². The van der Waals surface area contributed by atoms with Crippen molar-refractivity contribution < 1.29 is 26.0 Å². The summed E-state index contributed by atoms with van der Waals surface area (Å²) in [4.78, 5) is 12.0. The molecule has 0 radical (unpaired) electrons. The van der Waals surface area contributed by atoms with Crippen LogP contribution in [0.25, 0.3) is 0 Å². The van der Waals surface area contributed by atoms with Crippen molar-refractivity contribution in [1.29, 1.82) is 0 Å². The van der Waals surface area contributed by atoms with Crippen LogP contribution < -0.4 is 10.0 Å². The lowest BCUT2D eigenvalue weighted by atomic mass is 10.2. The number of rotatable bonds is 7. The van der Waals surface area contributed by atoms with Gasteiger partial charge in [-0.3, -0.25) is 4.79 Å². The minimum absolute atomic E-state index is 0.0480. The summed E-state index contributed by atoms with van der Waals surface area (Å²) in [7, 11) is -7.94. The molecule has 11 heteroatoms. The fourth-order valence-electron chi connectivity index (χ4n) is 3.25. The van der Waals surface area contributed by atoms with E-state index in [9.17, 15) is 26.0 Å². The monoisotopic (exact) mass is 469 g/mol. The van der Waals surface area contributed by atoms with Crippen molar-refractivity contribution in [3.05, 3.63) is 54.3 Å². The maximum Gasteiger partial charge on any atom is 0.244 e. The third-order valence-electron chi connectivity index (χ3n) is 4.91. The molecule has 0 bridgehead atoms. The Kier molecular flexibility index (Phi) is 7.10. The Labute approximate surface area is 181 Å². The summed E-state index contributed by atoms with van der Waals surface area (Å²) in [6.45, 7) is 2.21. The summed E-state index contributed by atoms with van der Waals surface area (Å²) in [5.41, 5.74) is 0.208. The summed E-state index contributed by atoms with van der Waals surface area (Å²) >= 11 is 0. The summed E-state index contributed by atoms with van der Waals surface area (Å²) < 4.78 is 67.7. The zero-order chi connectivity index (χ0) is 22.6. The second-order valence-corrected chi connectivity index (χ2v) is 10.9. The molecule has 1 aliphatic heterocycles. The maximum atomic E-state index is 13.8. The number of amides is 1. The molecule has 0 spiro atoms. The topological polar surface area (TPSA) is 113 Å². The molecule has 1 aliphatic rings. The second kappa shape index (κ2) is 9.43. The molecule has 1 saturated heterocycles. The lowest BCUT2D eigenvalue weighted by Crippen LogP contribution is -2.41. The van der Waals surface area contributed by atoms with Crippen LogP contribution in [-0.2, 0) is 24.8 Å². The third-order valence-corrected chi connectivity index (χ3v) is 8.37. The van der Waals surface area contributed by atoms with Gasteiger partial charge >= 0.3 is 0 Å². The highest BCUT2D eigenvalue weighted by Gasteiger charge is 2.27. The number of halogens is 1. The van der Waals surface area contributed by atoms with Gasteiger partial charge in [-0.15, -0.1) is 0 Å². The van der Waals surface area contributed by atoms with Gasteiger partial charge in [0.25, 0.3) is 0 Å². The number of nitrogens with zero attached hydrogens (tertiary/aromatic N) is 1. The molecule has 2 N–H and O–H groups in total.